The van der Waals surface area contributed by atoms with Crippen molar-refractivity contribution >= 4 is 12.3 Å². The number of allylic oxidation sites excluding steroid dienone is 1. The highest BCUT2D eigenvalue weighted by molar-refractivity contribution is 5.78. The van der Waals surface area contributed by atoms with E-state index in [-0.39, 0.29) is 0 Å². The molecule has 0 amide bonds. The second-order valence-corrected chi connectivity index (χ2v) is 4.24. The quantitative estimate of drug-likeness (QED) is 0.812. The van der Waals surface area contributed by atoms with Gasteiger partial charge in [-0.1, -0.05) is 66.7 Å². The molecule has 2 aromatic rings. The van der Waals surface area contributed by atoms with E-state index in [9.17, 15) is 5.11 Å². The number of rotatable bonds is 5. The zero-order valence-corrected chi connectivity index (χ0v) is 10.7. The van der Waals surface area contributed by atoms with Gasteiger partial charge in [0.25, 0.3) is 0 Å². The summed E-state index contributed by atoms with van der Waals surface area (Å²) in [6.45, 7) is 0. The number of hydrogen-bond donors (Lipinski definition) is 1. The van der Waals surface area contributed by atoms with Gasteiger partial charge in [-0.15, -0.1) is 0 Å². The van der Waals surface area contributed by atoms with Gasteiger partial charge in [-0.25, -0.2) is 0 Å². The van der Waals surface area contributed by atoms with Crippen LogP contribution in [-0.4, -0.2) is 17.5 Å². The molecule has 0 aliphatic rings. The van der Waals surface area contributed by atoms with E-state index in [1.807, 2.05) is 72.8 Å². The van der Waals surface area contributed by atoms with Gasteiger partial charge in [0.15, 0.2) is 0 Å². The predicted octanol–water partition coefficient (Wildman–Crippen LogP) is 3.33. The van der Waals surface area contributed by atoms with Gasteiger partial charge in [-0.3, -0.25) is 4.99 Å². The topological polar surface area (TPSA) is 32.6 Å². The van der Waals surface area contributed by atoms with E-state index in [0.29, 0.717) is 6.42 Å². The van der Waals surface area contributed by atoms with Crippen LogP contribution in [0.25, 0.3) is 6.08 Å². The molecule has 0 aromatic heterocycles. The number of benzene rings is 2. The molecule has 96 valence electrons. The highest BCUT2D eigenvalue weighted by Gasteiger charge is 2.00. The molecule has 2 aromatic carbocycles. The van der Waals surface area contributed by atoms with Gasteiger partial charge in [-0.2, -0.15) is 0 Å². The number of aliphatic imine (C=N–C) groups is 1. The molecule has 0 saturated heterocycles. The van der Waals surface area contributed by atoms with Crippen LogP contribution < -0.4 is 0 Å². The molecule has 0 saturated carbocycles. The van der Waals surface area contributed by atoms with Gasteiger partial charge >= 0.3 is 0 Å². The number of aliphatic hydroxyl groups is 1. The first-order valence-corrected chi connectivity index (χ1v) is 6.31. The molecule has 2 rings (SSSR count). The van der Waals surface area contributed by atoms with Crippen molar-refractivity contribution < 1.29 is 5.11 Å². The summed E-state index contributed by atoms with van der Waals surface area (Å²) in [5.41, 5.74) is 2.20. The van der Waals surface area contributed by atoms with Gasteiger partial charge in [0.1, 0.15) is 6.23 Å². The molecule has 19 heavy (non-hydrogen) atoms. The van der Waals surface area contributed by atoms with E-state index in [4.69, 9.17) is 0 Å². The molecule has 2 nitrogen and oxygen atoms in total. The average molecular weight is 251 g/mol. The molecule has 0 bridgehead atoms. The Morgan fingerprint density at radius 1 is 0.947 bits per heavy atom. The fraction of sp³-hybridized carbons (Fsp3) is 0.118. The summed E-state index contributed by atoms with van der Waals surface area (Å²) in [6, 6.07) is 19.8. The van der Waals surface area contributed by atoms with Gasteiger partial charge in [0.2, 0.25) is 0 Å². The van der Waals surface area contributed by atoms with Crippen molar-refractivity contribution in [3.05, 3.63) is 77.9 Å². The molecule has 0 fully saturated rings. The van der Waals surface area contributed by atoms with Crippen molar-refractivity contribution in [1.82, 2.24) is 0 Å². The van der Waals surface area contributed by atoms with E-state index >= 15 is 0 Å². The molecular weight excluding hydrogens is 234 g/mol. The molecule has 0 aliphatic carbocycles. The lowest BCUT2D eigenvalue weighted by molar-refractivity contribution is 0.186. The van der Waals surface area contributed by atoms with E-state index in [2.05, 4.69) is 4.99 Å². The van der Waals surface area contributed by atoms with Gasteiger partial charge in [0.05, 0.1) is 0 Å². The van der Waals surface area contributed by atoms with Crippen molar-refractivity contribution in [3.63, 3.8) is 0 Å². The number of aliphatic hydroxyl groups excluding tert-OH is 1. The van der Waals surface area contributed by atoms with Crippen LogP contribution in [-0.2, 0) is 6.42 Å². The van der Waals surface area contributed by atoms with Crippen molar-refractivity contribution in [3.8, 4) is 0 Å². The first-order chi connectivity index (χ1) is 9.34. The summed E-state index contributed by atoms with van der Waals surface area (Å²) >= 11 is 0. The van der Waals surface area contributed by atoms with Gasteiger partial charge in [0, 0.05) is 12.6 Å². The first kappa shape index (κ1) is 13.2. The van der Waals surface area contributed by atoms with Crippen LogP contribution in [0, 0.1) is 0 Å². The average Bonchev–Trinajstić information content (AvgIpc) is 2.46. The Kier molecular flexibility index (Phi) is 5.08. The fourth-order valence-corrected chi connectivity index (χ4v) is 1.74. The van der Waals surface area contributed by atoms with E-state index < -0.39 is 6.23 Å². The smallest absolute Gasteiger partial charge is 0.149 e. The lowest BCUT2D eigenvalue weighted by Gasteiger charge is -2.04. The van der Waals surface area contributed by atoms with Crippen molar-refractivity contribution in [1.29, 1.82) is 0 Å². The maximum atomic E-state index is 9.77. The molecule has 0 aliphatic heterocycles. The van der Waals surface area contributed by atoms with Crippen LogP contribution in [0.4, 0.5) is 0 Å². The Morgan fingerprint density at radius 2 is 1.58 bits per heavy atom. The standard InChI is InChI=1S/C17H17NO/c19-17(14-16-10-5-2-6-11-16)18-13-7-12-15-8-3-1-4-9-15/h1-13,17,19H,14H2/b12-7+,18-13+/t17-/m0/s1. The van der Waals surface area contributed by atoms with Crippen molar-refractivity contribution in [2.45, 2.75) is 12.6 Å². The summed E-state index contributed by atoms with van der Waals surface area (Å²) in [7, 11) is 0. The Labute approximate surface area is 113 Å². The molecule has 1 atom stereocenters. The van der Waals surface area contributed by atoms with Crippen LogP contribution >= 0.6 is 0 Å². The summed E-state index contributed by atoms with van der Waals surface area (Å²) in [5.74, 6) is 0. The monoisotopic (exact) mass is 251 g/mol. The Balaban J connectivity index is 1.84. The Morgan fingerprint density at radius 3 is 2.26 bits per heavy atom. The van der Waals surface area contributed by atoms with Crippen LogP contribution in [0.5, 0.6) is 0 Å². The molecule has 0 radical (unpaired) electrons. The minimum atomic E-state index is -0.692. The van der Waals surface area contributed by atoms with E-state index in [0.717, 1.165) is 11.1 Å². The maximum Gasteiger partial charge on any atom is 0.149 e. The van der Waals surface area contributed by atoms with Crippen LogP contribution in [0.3, 0.4) is 0 Å². The molecule has 2 heteroatoms. The van der Waals surface area contributed by atoms with E-state index in [1.165, 1.54) is 0 Å². The first-order valence-electron chi connectivity index (χ1n) is 6.31. The third kappa shape index (κ3) is 4.90. The third-order valence-corrected chi connectivity index (χ3v) is 2.69. The zero-order chi connectivity index (χ0) is 13.3. The third-order valence-electron chi connectivity index (χ3n) is 2.69. The highest BCUT2D eigenvalue weighted by atomic mass is 16.3. The number of nitrogens with zero attached hydrogens (tertiary/aromatic N) is 1. The van der Waals surface area contributed by atoms with Crippen molar-refractivity contribution in [2.24, 2.45) is 4.99 Å². The largest absolute Gasteiger partial charge is 0.371 e. The zero-order valence-electron chi connectivity index (χ0n) is 10.7. The van der Waals surface area contributed by atoms with Crippen LogP contribution in [0.2, 0.25) is 0 Å². The maximum absolute atomic E-state index is 9.77. The normalized spacial score (nSPS) is 13.1. The number of hydrogen-bond acceptors (Lipinski definition) is 2. The Hall–Kier alpha value is -2.19. The van der Waals surface area contributed by atoms with Crippen LogP contribution in [0.1, 0.15) is 11.1 Å². The second kappa shape index (κ2) is 7.29. The minimum absolute atomic E-state index is 0.538. The summed E-state index contributed by atoms with van der Waals surface area (Å²) in [4.78, 5) is 4.08. The van der Waals surface area contributed by atoms with Crippen molar-refractivity contribution in [2.75, 3.05) is 0 Å². The van der Waals surface area contributed by atoms with Gasteiger partial charge in [-0.05, 0) is 17.2 Å². The highest BCUT2D eigenvalue weighted by Crippen LogP contribution is 2.04. The fourth-order valence-electron chi connectivity index (χ4n) is 1.74. The summed E-state index contributed by atoms with van der Waals surface area (Å²) in [6.07, 6.45) is 5.28. The molecular formula is C17H17NO. The predicted molar refractivity (Wildman–Crippen MR) is 80.1 cm³/mol. The molecule has 0 unspecified atom stereocenters. The molecule has 0 spiro atoms. The Bertz CT molecular complexity index is 532. The molecule has 0 heterocycles. The lowest BCUT2D eigenvalue weighted by Crippen LogP contribution is -2.06. The SMILES string of the molecule is O[C@@H](Cc1ccccc1)/N=C/C=C/c1ccccc1. The lowest BCUT2D eigenvalue weighted by atomic mass is 10.1. The second-order valence-electron chi connectivity index (χ2n) is 4.24. The minimum Gasteiger partial charge on any atom is -0.371 e. The molecule has 1 N–H and O–H groups in total. The van der Waals surface area contributed by atoms with Gasteiger partial charge < -0.3 is 5.11 Å². The summed E-state index contributed by atoms with van der Waals surface area (Å²) < 4.78 is 0. The van der Waals surface area contributed by atoms with Crippen LogP contribution in [0.15, 0.2) is 71.7 Å². The van der Waals surface area contributed by atoms with E-state index in [1.54, 1.807) is 6.21 Å². The summed E-state index contributed by atoms with van der Waals surface area (Å²) in [5, 5.41) is 9.77.